The average molecular weight is 329 g/mol. The quantitative estimate of drug-likeness (QED) is 0.546. The van der Waals surface area contributed by atoms with Gasteiger partial charge in [-0.05, 0) is 12.8 Å². The number of aromatic nitrogens is 4. The van der Waals surface area contributed by atoms with Gasteiger partial charge in [-0.25, -0.2) is 15.1 Å². The molecule has 1 fully saturated rings. The summed E-state index contributed by atoms with van der Waals surface area (Å²) in [4.78, 5) is 21.1. The van der Waals surface area contributed by atoms with Gasteiger partial charge in [-0.1, -0.05) is 0 Å². The van der Waals surface area contributed by atoms with Crippen molar-refractivity contribution in [1.82, 2.24) is 19.5 Å². The largest absolute Gasteiger partial charge is 0.400 e. The summed E-state index contributed by atoms with van der Waals surface area (Å²) in [6.45, 7) is -0.0628. The summed E-state index contributed by atoms with van der Waals surface area (Å²) in [6.07, 6.45) is 2.15. The summed E-state index contributed by atoms with van der Waals surface area (Å²) in [6, 6.07) is 0. The zero-order chi connectivity index (χ0) is 15.9. The number of hydrogen-bond acceptors (Lipinski definition) is 8. The van der Waals surface area contributed by atoms with Gasteiger partial charge < -0.3 is 21.1 Å². The second-order valence-corrected chi connectivity index (χ2v) is 6.33. The van der Waals surface area contributed by atoms with Crippen molar-refractivity contribution in [3.8, 4) is 0 Å². The molecule has 7 N–H and O–H groups in total. The standard InChI is InChI=1S/C10H16N7O4P/c11-8-7-9(16-10(12)15-8)17(4-14-7)6-2-1-5(21-6)3-20-22(13,18)19/h4-6H,1-3H2,(H3,13,18,19)(H4,11,12,15,16)/t5-,6+/m0/s1. The van der Waals surface area contributed by atoms with E-state index in [9.17, 15) is 4.57 Å². The average Bonchev–Trinajstić information content (AvgIpc) is 3.01. The van der Waals surface area contributed by atoms with E-state index in [1.807, 2.05) is 0 Å². The van der Waals surface area contributed by atoms with E-state index in [-0.39, 0.29) is 30.7 Å². The monoisotopic (exact) mass is 329 g/mol. The molecule has 3 rings (SSSR count). The van der Waals surface area contributed by atoms with E-state index in [1.165, 1.54) is 0 Å². The van der Waals surface area contributed by atoms with Gasteiger partial charge in [0.05, 0.1) is 19.0 Å². The Labute approximate surface area is 125 Å². The number of ether oxygens (including phenoxy) is 1. The van der Waals surface area contributed by atoms with E-state index >= 15 is 0 Å². The molecule has 1 aliphatic rings. The van der Waals surface area contributed by atoms with Crippen molar-refractivity contribution in [2.75, 3.05) is 18.1 Å². The van der Waals surface area contributed by atoms with Crippen LogP contribution >= 0.6 is 7.75 Å². The van der Waals surface area contributed by atoms with Crippen LogP contribution in [0.2, 0.25) is 0 Å². The maximum Gasteiger partial charge on any atom is 0.400 e. The minimum atomic E-state index is -4.00. The van der Waals surface area contributed by atoms with Crippen molar-refractivity contribution in [1.29, 1.82) is 0 Å². The molecular weight excluding hydrogens is 313 g/mol. The number of hydrogen-bond donors (Lipinski definition) is 4. The van der Waals surface area contributed by atoms with Crippen LogP contribution in [0.15, 0.2) is 6.33 Å². The topological polar surface area (TPSA) is 177 Å². The normalized spacial score (nSPS) is 24.6. The van der Waals surface area contributed by atoms with Gasteiger partial charge in [0.15, 0.2) is 11.5 Å². The predicted octanol–water partition coefficient (Wildman–Crippen LogP) is -0.256. The highest BCUT2D eigenvalue weighted by Gasteiger charge is 2.30. The van der Waals surface area contributed by atoms with Gasteiger partial charge in [0.1, 0.15) is 11.7 Å². The van der Waals surface area contributed by atoms with E-state index in [4.69, 9.17) is 26.6 Å². The Hall–Kier alpha value is -1.78. The van der Waals surface area contributed by atoms with Gasteiger partial charge in [0.25, 0.3) is 0 Å². The van der Waals surface area contributed by atoms with E-state index in [0.29, 0.717) is 24.0 Å². The Kier molecular flexibility index (Phi) is 3.75. The van der Waals surface area contributed by atoms with Crippen LogP contribution in [-0.4, -0.2) is 37.1 Å². The Balaban J connectivity index is 1.77. The summed E-state index contributed by atoms with van der Waals surface area (Å²) in [5.74, 6) is 0.248. The molecule has 1 unspecified atom stereocenters. The molecule has 0 aliphatic carbocycles. The lowest BCUT2D eigenvalue weighted by atomic mass is 10.2. The first-order valence-electron chi connectivity index (χ1n) is 6.50. The van der Waals surface area contributed by atoms with E-state index in [0.717, 1.165) is 0 Å². The lowest BCUT2D eigenvalue weighted by Gasteiger charge is -2.16. The Bertz CT molecular complexity index is 744. The number of nitrogens with zero attached hydrogens (tertiary/aromatic N) is 4. The molecule has 12 heteroatoms. The van der Waals surface area contributed by atoms with E-state index in [2.05, 4.69) is 19.5 Å². The molecule has 0 aromatic carbocycles. The fourth-order valence-electron chi connectivity index (χ4n) is 2.37. The van der Waals surface area contributed by atoms with Crippen LogP contribution in [0.4, 0.5) is 11.8 Å². The molecule has 2 aromatic heterocycles. The fourth-order valence-corrected chi connectivity index (χ4v) is 2.75. The summed E-state index contributed by atoms with van der Waals surface area (Å²) in [7, 11) is -4.00. The van der Waals surface area contributed by atoms with Crippen molar-refractivity contribution in [3.05, 3.63) is 6.33 Å². The molecule has 11 nitrogen and oxygen atoms in total. The van der Waals surface area contributed by atoms with Crippen molar-refractivity contribution in [3.63, 3.8) is 0 Å². The zero-order valence-corrected chi connectivity index (χ0v) is 12.4. The Morgan fingerprint density at radius 3 is 2.95 bits per heavy atom. The smallest absolute Gasteiger partial charge is 0.382 e. The molecule has 22 heavy (non-hydrogen) atoms. The third-order valence-electron chi connectivity index (χ3n) is 3.31. The third kappa shape index (κ3) is 3.03. The molecule has 120 valence electrons. The number of fused-ring (bicyclic) bond motifs is 1. The van der Waals surface area contributed by atoms with Crippen LogP contribution in [0.5, 0.6) is 0 Å². The maximum absolute atomic E-state index is 10.9. The van der Waals surface area contributed by atoms with Crippen LogP contribution in [-0.2, 0) is 13.8 Å². The van der Waals surface area contributed by atoms with Gasteiger partial charge in [-0.2, -0.15) is 9.97 Å². The molecule has 1 aliphatic heterocycles. The van der Waals surface area contributed by atoms with Gasteiger partial charge >= 0.3 is 7.75 Å². The lowest BCUT2D eigenvalue weighted by Crippen LogP contribution is -2.17. The molecule has 0 spiro atoms. The number of nitrogen functional groups attached to an aromatic ring is 2. The first-order chi connectivity index (χ1) is 10.3. The molecular formula is C10H16N7O4P. The summed E-state index contributed by atoms with van der Waals surface area (Å²) < 4.78 is 23.1. The van der Waals surface area contributed by atoms with Crippen LogP contribution in [0.3, 0.4) is 0 Å². The van der Waals surface area contributed by atoms with Crippen LogP contribution in [0.1, 0.15) is 19.1 Å². The number of imidazole rings is 1. The Morgan fingerprint density at radius 1 is 1.45 bits per heavy atom. The van der Waals surface area contributed by atoms with Crippen molar-refractivity contribution < 1.29 is 18.7 Å². The third-order valence-corrected chi connectivity index (χ3v) is 3.83. The molecule has 0 amide bonds. The van der Waals surface area contributed by atoms with Gasteiger partial charge in [-0.3, -0.25) is 9.09 Å². The van der Waals surface area contributed by atoms with Gasteiger partial charge in [0, 0.05) is 0 Å². The highest BCUT2D eigenvalue weighted by atomic mass is 31.2. The molecule has 3 heterocycles. The number of rotatable bonds is 4. The highest BCUT2D eigenvalue weighted by Crippen LogP contribution is 2.36. The minimum absolute atomic E-state index is 0.0500. The molecule has 2 aromatic rings. The molecule has 1 saturated heterocycles. The summed E-state index contributed by atoms with van der Waals surface area (Å²) >= 11 is 0. The minimum Gasteiger partial charge on any atom is -0.382 e. The van der Waals surface area contributed by atoms with Crippen molar-refractivity contribution in [2.24, 2.45) is 5.50 Å². The van der Waals surface area contributed by atoms with Crippen molar-refractivity contribution in [2.45, 2.75) is 25.2 Å². The number of anilines is 2. The second kappa shape index (κ2) is 5.45. The van der Waals surface area contributed by atoms with Crippen LogP contribution in [0.25, 0.3) is 11.2 Å². The predicted molar refractivity (Wildman–Crippen MR) is 77.3 cm³/mol. The molecule has 3 atom stereocenters. The SMILES string of the molecule is Nc1nc(N)c2ncn([C@H]3CC[C@@H](COP(N)(=O)O)O3)c2n1. The van der Waals surface area contributed by atoms with Gasteiger partial charge in [0.2, 0.25) is 5.95 Å². The Morgan fingerprint density at radius 2 is 2.23 bits per heavy atom. The second-order valence-electron chi connectivity index (χ2n) is 4.94. The van der Waals surface area contributed by atoms with Gasteiger partial charge in [-0.15, -0.1) is 0 Å². The summed E-state index contributed by atoms with van der Waals surface area (Å²) in [5.41, 5.74) is 17.2. The first-order valence-corrected chi connectivity index (χ1v) is 8.15. The lowest BCUT2D eigenvalue weighted by molar-refractivity contribution is -0.0175. The van der Waals surface area contributed by atoms with E-state index < -0.39 is 7.75 Å². The fraction of sp³-hybridized carbons (Fsp3) is 0.500. The zero-order valence-electron chi connectivity index (χ0n) is 11.5. The molecule has 0 saturated carbocycles. The number of nitrogens with two attached hydrogens (primary N) is 3. The maximum atomic E-state index is 10.9. The highest BCUT2D eigenvalue weighted by molar-refractivity contribution is 7.50. The van der Waals surface area contributed by atoms with Crippen LogP contribution in [0, 0.1) is 0 Å². The van der Waals surface area contributed by atoms with Crippen LogP contribution < -0.4 is 17.0 Å². The summed E-state index contributed by atoms with van der Waals surface area (Å²) in [5, 5.41) is 0. The molecule has 0 bridgehead atoms. The first kappa shape index (κ1) is 15.1. The molecule has 0 radical (unpaired) electrons. The van der Waals surface area contributed by atoms with Crippen molar-refractivity contribution >= 4 is 30.7 Å². The van der Waals surface area contributed by atoms with E-state index in [1.54, 1.807) is 10.9 Å².